The second kappa shape index (κ2) is 4.16. The molecule has 1 aromatic rings. The number of aryl methyl sites for hydroxylation is 1. The van der Waals surface area contributed by atoms with Gasteiger partial charge in [0.05, 0.1) is 5.01 Å². The summed E-state index contributed by atoms with van der Waals surface area (Å²) in [4.78, 5) is 15.6. The Bertz CT molecular complexity index is 301. The van der Waals surface area contributed by atoms with E-state index in [1.807, 2.05) is 19.9 Å². The van der Waals surface area contributed by atoms with E-state index in [-0.39, 0.29) is 0 Å². The third-order valence-electron chi connectivity index (χ3n) is 1.53. The molecular weight excluding hydrogens is 170 g/mol. The van der Waals surface area contributed by atoms with E-state index in [1.54, 1.807) is 17.5 Å². The first-order valence-electron chi connectivity index (χ1n) is 3.84. The Morgan fingerprint density at radius 3 is 2.92 bits per heavy atom. The minimum Gasteiger partial charge on any atom is -0.298 e. The smallest absolute Gasteiger partial charge is 0.146 e. The number of aldehydes is 1. The molecule has 12 heavy (non-hydrogen) atoms. The third kappa shape index (κ3) is 2.27. The van der Waals surface area contributed by atoms with Crippen LogP contribution in [0.1, 0.15) is 23.2 Å². The van der Waals surface area contributed by atoms with Gasteiger partial charge in [0.1, 0.15) is 6.29 Å². The molecule has 0 amide bonds. The number of thiazole rings is 1. The SMILES string of the molecule is CCC(C=O)=Cc1cnc(C)s1. The van der Waals surface area contributed by atoms with Gasteiger partial charge in [0.2, 0.25) is 0 Å². The molecule has 0 saturated carbocycles. The third-order valence-corrected chi connectivity index (χ3v) is 2.39. The van der Waals surface area contributed by atoms with Crippen LogP contribution in [-0.2, 0) is 4.79 Å². The van der Waals surface area contributed by atoms with Crippen molar-refractivity contribution in [3.63, 3.8) is 0 Å². The molecule has 64 valence electrons. The lowest BCUT2D eigenvalue weighted by Crippen LogP contribution is -1.79. The lowest BCUT2D eigenvalue weighted by atomic mass is 10.2. The molecule has 0 spiro atoms. The zero-order valence-corrected chi connectivity index (χ0v) is 8.02. The Morgan fingerprint density at radius 1 is 1.75 bits per heavy atom. The van der Waals surface area contributed by atoms with E-state index in [2.05, 4.69) is 4.98 Å². The molecular formula is C9H11NOS. The molecule has 0 bridgehead atoms. The molecule has 1 heterocycles. The van der Waals surface area contributed by atoms with Gasteiger partial charge in [-0.2, -0.15) is 0 Å². The Morgan fingerprint density at radius 2 is 2.50 bits per heavy atom. The molecule has 0 saturated heterocycles. The van der Waals surface area contributed by atoms with E-state index < -0.39 is 0 Å². The van der Waals surface area contributed by atoms with Gasteiger partial charge in [-0.3, -0.25) is 4.79 Å². The first-order valence-corrected chi connectivity index (χ1v) is 4.66. The van der Waals surface area contributed by atoms with Crippen molar-refractivity contribution in [2.45, 2.75) is 20.3 Å². The van der Waals surface area contributed by atoms with E-state index in [9.17, 15) is 4.79 Å². The predicted molar refractivity (Wildman–Crippen MR) is 51.2 cm³/mol. The molecule has 2 nitrogen and oxygen atoms in total. The minimum absolute atomic E-state index is 0.778. The summed E-state index contributed by atoms with van der Waals surface area (Å²) in [5.74, 6) is 0. The van der Waals surface area contributed by atoms with Crippen LogP contribution in [-0.4, -0.2) is 11.3 Å². The molecule has 1 aromatic heterocycles. The predicted octanol–water partition coefficient (Wildman–Crippen LogP) is 2.44. The first-order chi connectivity index (χ1) is 5.76. The van der Waals surface area contributed by atoms with E-state index >= 15 is 0 Å². The monoisotopic (exact) mass is 181 g/mol. The summed E-state index contributed by atoms with van der Waals surface area (Å²) in [6.45, 7) is 3.92. The number of rotatable bonds is 3. The van der Waals surface area contributed by atoms with Crippen LogP contribution in [0.25, 0.3) is 6.08 Å². The standard InChI is InChI=1S/C9H11NOS/c1-3-8(6-11)4-9-5-10-7(2)12-9/h4-6H,3H2,1-2H3. The van der Waals surface area contributed by atoms with Crippen molar-refractivity contribution < 1.29 is 4.79 Å². The maximum Gasteiger partial charge on any atom is 0.146 e. The lowest BCUT2D eigenvalue weighted by molar-refractivity contribution is -0.104. The lowest BCUT2D eigenvalue weighted by Gasteiger charge is -1.89. The van der Waals surface area contributed by atoms with Crippen molar-refractivity contribution in [3.05, 3.63) is 21.7 Å². The number of nitrogens with zero attached hydrogens (tertiary/aromatic N) is 1. The molecule has 0 aliphatic heterocycles. The van der Waals surface area contributed by atoms with Crippen LogP contribution in [0.5, 0.6) is 0 Å². The van der Waals surface area contributed by atoms with Crippen LogP contribution in [0.4, 0.5) is 0 Å². The van der Waals surface area contributed by atoms with Crippen LogP contribution in [0.3, 0.4) is 0 Å². The second-order valence-corrected chi connectivity index (χ2v) is 3.74. The van der Waals surface area contributed by atoms with Gasteiger partial charge in [0.15, 0.2) is 0 Å². The molecule has 0 unspecified atom stereocenters. The first kappa shape index (κ1) is 9.13. The molecule has 0 radical (unpaired) electrons. The summed E-state index contributed by atoms with van der Waals surface area (Å²) in [7, 11) is 0. The van der Waals surface area contributed by atoms with E-state index in [0.29, 0.717) is 0 Å². The second-order valence-electron chi connectivity index (χ2n) is 2.47. The van der Waals surface area contributed by atoms with Gasteiger partial charge in [0.25, 0.3) is 0 Å². The van der Waals surface area contributed by atoms with Gasteiger partial charge in [-0.15, -0.1) is 11.3 Å². The highest BCUT2D eigenvalue weighted by molar-refractivity contribution is 7.12. The molecule has 3 heteroatoms. The normalized spacial score (nSPS) is 11.7. The number of allylic oxidation sites excluding steroid dienone is 1. The van der Waals surface area contributed by atoms with Crippen molar-refractivity contribution in [2.75, 3.05) is 0 Å². The summed E-state index contributed by atoms with van der Waals surface area (Å²) >= 11 is 1.60. The minimum atomic E-state index is 0.778. The van der Waals surface area contributed by atoms with Crippen molar-refractivity contribution in [2.24, 2.45) is 0 Å². The van der Waals surface area contributed by atoms with Crippen molar-refractivity contribution in [1.29, 1.82) is 0 Å². The Labute approximate surface area is 76.0 Å². The zero-order valence-electron chi connectivity index (χ0n) is 7.20. The number of hydrogen-bond acceptors (Lipinski definition) is 3. The van der Waals surface area contributed by atoms with Crippen LogP contribution in [0, 0.1) is 6.92 Å². The Hall–Kier alpha value is -0.960. The van der Waals surface area contributed by atoms with Crippen molar-refractivity contribution in [3.8, 4) is 0 Å². The van der Waals surface area contributed by atoms with Gasteiger partial charge in [-0.05, 0) is 25.0 Å². The summed E-state index contributed by atoms with van der Waals surface area (Å²) in [6, 6.07) is 0. The van der Waals surface area contributed by atoms with Crippen LogP contribution < -0.4 is 0 Å². The molecule has 0 fully saturated rings. The maximum atomic E-state index is 10.5. The van der Waals surface area contributed by atoms with Crippen molar-refractivity contribution in [1.82, 2.24) is 4.98 Å². The van der Waals surface area contributed by atoms with E-state index in [4.69, 9.17) is 0 Å². The summed E-state index contributed by atoms with van der Waals surface area (Å²) < 4.78 is 0. The zero-order chi connectivity index (χ0) is 8.97. The van der Waals surface area contributed by atoms with E-state index in [0.717, 1.165) is 28.2 Å². The molecule has 0 aliphatic rings. The van der Waals surface area contributed by atoms with Crippen LogP contribution >= 0.6 is 11.3 Å². The highest BCUT2D eigenvalue weighted by Gasteiger charge is 1.96. The molecule has 0 N–H and O–H groups in total. The van der Waals surface area contributed by atoms with Gasteiger partial charge in [-0.25, -0.2) is 4.98 Å². The fourth-order valence-electron chi connectivity index (χ4n) is 0.847. The summed E-state index contributed by atoms with van der Waals surface area (Å²) in [5.41, 5.74) is 0.818. The number of carbonyl (C=O) groups is 1. The van der Waals surface area contributed by atoms with E-state index in [1.165, 1.54) is 0 Å². The van der Waals surface area contributed by atoms with Crippen LogP contribution in [0.15, 0.2) is 11.8 Å². The van der Waals surface area contributed by atoms with Crippen molar-refractivity contribution >= 4 is 23.7 Å². The molecule has 0 aromatic carbocycles. The topological polar surface area (TPSA) is 30.0 Å². The summed E-state index contributed by atoms with van der Waals surface area (Å²) in [6.07, 6.45) is 5.35. The Balaban J connectivity index is 2.85. The van der Waals surface area contributed by atoms with Gasteiger partial charge < -0.3 is 0 Å². The summed E-state index contributed by atoms with van der Waals surface area (Å²) in [5, 5.41) is 1.03. The molecule has 1 rings (SSSR count). The van der Waals surface area contributed by atoms with Gasteiger partial charge in [0, 0.05) is 11.1 Å². The highest BCUT2D eigenvalue weighted by atomic mass is 32.1. The Kier molecular flexibility index (Phi) is 3.17. The average molecular weight is 181 g/mol. The number of aromatic nitrogens is 1. The highest BCUT2D eigenvalue weighted by Crippen LogP contribution is 2.15. The van der Waals surface area contributed by atoms with Crippen LogP contribution in [0.2, 0.25) is 0 Å². The molecule has 0 aliphatic carbocycles. The average Bonchev–Trinajstić information content (AvgIpc) is 2.47. The fourth-order valence-corrected chi connectivity index (χ4v) is 1.61. The maximum absolute atomic E-state index is 10.5. The fraction of sp³-hybridized carbons (Fsp3) is 0.333. The largest absolute Gasteiger partial charge is 0.298 e. The quantitative estimate of drug-likeness (QED) is 0.529. The van der Waals surface area contributed by atoms with Gasteiger partial charge in [-0.1, -0.05) is 6.92 Å². The number of hydrogen-bond donors (Lipinski definition) is 0. The van der Waals surface area contributed by atoms with Gasteiger partial charge >= 0.3 is 0 Å². The molecule has 0 atom stereocenters. The number of carbonyl (C=O) groups excluding carboxylic acids is 1.